The number of carbonyl (C=O) groups excluding carboxylic acids is 1. The minimum absolute atomic E-state index is 0.105. The quantitative estimate of drug-likeness (QED) is 0.789. The van der Waals surface area contributed by atoms with E-state index in [-0.39, 0.29) is 29.3 Å². The molecule has 1 fully saturated rings. The highest BCUT2D eigenvalue weighted by molar-refractivity contribution is 7.89. The van der Waals surface area contributed by atoms with Crippen LogP contribution >= 0.6 is 0 Å². The minimum Gasteiger partial charge on any atom is -0.497 e. The van der Waals surface area contributed by atoms with Crippen LogP contribution in [0.3, 0.4) is 0 Å². The zero-order chi connectivity index (χ0) is 21.1. The fourth-order valence-corrected chi connectivity index (χ4v) is 5.58. The molecule has 0 aliphatic carbocycles. The van der Waals surface area contributed by atoms with Crippen LogP contribution in [0.5, 0.6) is 11.5 Å². The summed E-state index contributed by atoms with van der Waals surface area (Å²) in [5, 5.41) is 3.11. The van der Waals surface area contributed by atoms with E-state index in [0.717, 1.165) is 11.3 Å². The predicted molar refractivity (Wildman–Crippen MR) is 112 cm³/mol. The van der Waals surface area contributed by atoms with Crippen LogP contribution in [0.25, 0.3) is 0 Å². The number of nitrogens with zero attached hydrogens (tertiary/aromatic N) is 1. The number of sulfonamides is 1. The molecule has 30 heavy (non-hydrogen) atoms. The molecule has 1 N–H and O–H groups in total. The number of rotatable bonds is 5. The van der Waals surface area contributed by atoms with Crippen LogP contribution in [0, 0.1) is 5.92 Å². The summed E-state index contributed by atoms with van der Waals surface area (Å²) in [6, 6.07) is 13.9. The number of fused-ring (bicyclic) bond motifs is 1. The highest BCUT2D eigenvalue weighted by Crippen LogP contribution is 2.32. The predicted octanol–water partition coefficient (Wildman–Crippen LogP) is 2.74. The molecule has 0 bridgehead atoms. The number of ether oxygens (including phenoxy) is 2. The van der Waals surface area contributed by atoms with E-state index in [1.807, 2.05) is 24.3 Å². The van der Waals surface area contributed by atoms with Crippen LogP contribution in [0.15, 0.2) is 53.4 Å². The number of nitrogens with one attached hydrogen (secondary N) is 1. The molecular weight excluding hydrogens is 404 g/mol. The summed E-state index contributed by atoms with van der Waals surface area (Å²) in [5.74, 6) is 0.913. The van der Waals surface area contributed by atoms with Crippen molar-refractivity contribution in [2.24, 2.45) is 5.92 Å². The number of methoxy groups -OCH3 is 1. The van der Waals surface area contributed by atoms with Gasteiger partial charge in [-0.2, -0.15) is 4.31 Å². The van der Waals surface area contributed by atoms with Gasteiger partial charge in [0.25, 0.3) is 0 Å². The maximum Gasteiger partial charge on any atom is 0.243 e. The zero-order valence-corrected chi connectivity index (χ0v) is 17.7. The summed E-state index contributed by atoms with van der Waals surface area (Å²) in [6.07, 6.45) is 2.02. The van der Waals surface area contributed by atoms with Crippen molar-refractivity contribution >= 4 is 15.9 Å². The molecule has 8 heteroatoms. The van der Waals surface area contributed by atoms with Gasteiger partial charge < -0.3 is 14.8 Å². The van der Waals surface area contributed by atoms with Crippen molar-refractivity contribution in [3.63, 3.8) is 0 Å². The SMILES string of the molecule is COc1ccc(S(=O)(=O)N2CCCC(C(=O)NC3CCOc4ccccc43)C2)cc1. The van der Waals surface area contributed by atoms with Gasteiger partial charge in [-0.3, -0.25) is 4.79 Å². The third-order valence-electron chi connectivity index (χ3n) is 5.73. The number of piperidine rings is 1. The summed E-state index contributed by atoms with van der Waals surface area (Å²) < 4.78 is 38.3. The van der Waals surface area contributed by atoms with E-state index in [1.54, 1.807) is 12.1 Å². The molecule has 0 radical (unpaired) electrons. The lowest BCUT2D eigenvalue weighted by molar-refractivity contribution is -0.127. The van der Waals surface area contributed by atoms with Gasteiger partial charge in [0.05, 0.1) is 30.6 Å². The second-order valence-corrected chi connectivity index (χ2v) is 9.55. The normalized spacial score (nSPS) is 21.9. The number of para-hydroxylation sites is 1. The fraction of sp³-hybridized carbons (Fsp3) is 0.409. The highest BCUT2D eigenvalue weighted by Gasteiger charge is 2.34. The smallest absolute Gasteiger partial charge is 0.243 e. The molecule has 2 atom stereocenters. The first-order valence-electron chi connectivity index (χ1n) is 10.2. The first-order chi connectivity index (χ1) is 14.5. The molecule has 0 saturated carbocycles. The third-order valence-corrected chi connectivity index (χ3v) is 7.61. The molecule has 160 valence electrons. The Bertz CT molecular complexity index is 1010. The second kappa shape index (κ2) is 8.65. The fourth-order valence-electron chi connectivity index (χ4n) is 4.05. The standard InChI is InChI=1S/C22H26N2O5S/c1-28-17-8-10-18(11-9-17)30(26,27)24-13-4-5-16(15-24)22(25)23-20-12-14-29-21-7-3-2-6-19(20)21/h2-3,6-11,16,20H,4-5,12-15H2,1H3,(H,23,25). The number of hydrogen-bond acceptors (Lipinski definition) is 5. The molecule has 0 aromatic heterocycles. The lowest BCUT2D eigenvalue weighted by Gasteiger charge is -2.33. The molecule has 0 spiro atoms. The molecule has 2 aromatic rings. The monoisotopic (exact) mass is 430 g/mol. The summed E-state index contributed by atoms with van der Waals surface area (Å²) in [6.45, 7) is 1.15. The van der Waals surface area contributed by atoms with Crippen molar-refractivity contribution in [3.05, 3.63) is 54.1 Å². The van der Waals surface area contributed by atoms with Gasteiger partial charge in [0, 0.05) is 25.1 Å². The van der Waals surface area contributed by atoms with E-state index in [2.05, 4.69) is 5.32 Å². The van der Waals surface area contributed by atoms with Crippen molar-refractivity contribution < 1.29 is 22.7 Å². The molecule has 1 amide bonds. The number of carbonyl (C=O) groups is 1. The lowest BCUT2D eigenvalue weighted by atomic mass is 9.96. The average Bonchev–Trinajstić information content (AvgIpc) is 2.79. The Hall–Kier alpha value is -2.58. The Morgan fingerprint density at radius 3 is 2.67 bits per heavy atom. The van der Waals surface area contributed by atoms with E-state index in [9.17, 15) is 13.2 Å². The maximum absolute atomic E-state index is 13.0. The molecular formula is C22H26N2O5S. The van der Waals surface area contributed by atoms with Crippen LogP contribution in [0.1, 0.15) is 30.9 Å². The third kappa shape index (κ3) is 4.15. The summed E-state index contributed by atoms with van der Waals surface area (Å²) in [5.41, 5.74) is 0.968. The van der Waals surface area contributed by atoms with Crippen molar-refractivity contribution in [3.8, 4) is 11.5 Å². The van der Waals surface area contributed by atoms with Crippen LogP contribution < -0.4 is 14.8 Å². The van der Waals surface area contributed by atoms with Gasteiger partial charge >= 0.3 is 0 Å². The van der Waals surface area contributed by atoms with Crippen LogP contribution in [0.4, 0.5) is 0 Å². The Kier molecular flexibility index (Phi) is 5.97. The van der Waals surface area contributed by atoms with Gasteiger partial charge in [0.2, 0.25) is 15.9 Å². The Balaban J connectivity index is 1.45. The number of hydrogen-bond donors (Lipinski definition) is 1. The number of amides is 1. The maximum atomic E-state index is 13.0. The minimum atomic E-state index is -3.66. The topological polar surface area (TPSA) is 84.9 Å². The Morgan fingerprint density at radius 1 is 1.13 bits per heavy atom. The highest BCUT2D eigenvalue weighted by atomic mass is 32.2. The lowest BCUT2D eigenvalue weighted by Crippen LogP contribution is -2.46. The molecule has 2 aliphatic rings. The van der Waals surface area contributed by atoms with Crippen molar-refractivity contribution in [1.82, 2.24) is 9.62 Å². The summed E-state index contributed by atoms with van der Waals surface area (Å²) >= 11 is 0. The van der Waals surface area contributed by atoms with Gasteiger partial charge in [-0.25, -0.2) is 8.42 Å². The largest absolute Gasteiger partial charge is 0.497 e. The van der Waals surface area contributed by atoms with E-state index in [1.165, 1.54) is 23.5 Å². The molecule has 1 saturated heterocycles. The molecule has 2 aliphatic heterocycles. The molecule has 4 rings (SSSR count). The van der Waals surface area contributed by atoms with Crippen molar-refractivity contribution in [2.45, 2.75) is 30.2 Å². The molecule has 2 heterocycles. The van der Waals surface area contributed by atoms with Gasteiger partial charge in [-0.1, -0.05) is 18.2 Å². The first-order valence-corrected chi connectivity index (χ1v) is 11.6. The Labute approximate surface area is 177 Å². The zero-order valence-electron chi connectivity index (χ0n) is 16.9. The van der Waals surface area contributed by atoms with Crippen molar-refractivity contribution in [2.75, 3.05) is 26.8 Å². The average molecular weight is 431 g/mol. The second-order valence-electron chi connectivity index (χ2n) is 7.61. The molecule has 2 unspecified atom stereocenters. The summed E-state index contributed by atoms with van der Waals surface area (Å²) in [7, 11) is -2.12. The number of benzene rings is 2. The van der Waals surface area contributed by atoms with E-state index < -0.39 is 10.0 Å². The first kappa shape index (κ1) is 20.7. The van der Waals surface area contributed by atoms with Gasteiger partial charge in [0.1, 0.15) is 11.5 Å². The van der Waals surface area contributed by atoms with Gasteiger partial charge in [-0.15, -0.1) is 0 Å². The van der Waals surface area contributed by atoms with Gasteiger partial charge in [-0.05, 0) is 43.2 Å². The molecule has 7 nitrogen and oxygen atoms in total. The van der Waals surface area contributed by atoms with E-state index >= 15 is 0 Å². The van der Waals surface area contributed by atoms with Crippen molar-refractivity contribution in [1.29, 1.82) is 0 Å². The molecule has 2 aromatic carbocycles. The van der Waals surface area contributed by atoms with Gasteiger partial charge in [0.15, 0.2) is 0 Å². The van der Waals surface area contributed by atoms with Crippen LogP contribution in [0.2, 0.25) is 0 Å². The Morgan fingerprint density at radius 2 is 1.90 bits per heavy atom. The van der Waals surface area contributed by atoms with E-state index in [4.69, 9.17) is 9.47 Å². The summed E-state index contributed by atoms with van der Waals surface area (Å²) in [4.78, 5) is 13.2. The van der Waals surface area contributed by atoms with E-state index in [0.29, 0.717) is 38.2 Å². The van der Waals surface area contributed by atoms with Crippen LogP contribution in [-0.2, 0) is 14.8 Å². The van der Waals surface area contributed by atoms with Crippen LogP contribution in [-0.4, -0.2) is 45.4 Å².